The van der Waals surface area contributed by atoms with Gasteiger partial charge in [-0.25, -0.2) is 0 Å². The molecule has 0 atom stereocenters. The van der Waals surface area contributed by atoms with Crippen molar-refractivity contribution >= 4 is 15.7 Å². The van der Waals surface area contributed by atoms with Crippen molar-refractivity contribution in [3.05, 3.63) is 29.8 Å². The number of hydrogen-bond donors (Lipinski definition) is 1. The van der Waals surface area contributed by atoms with Crippen LogP contribution in [0.4, 0.5) is 0 Å². The van der Waals surface area contributed by atoms with Crippen LogP contribution in [0.3, 0.4) is 0 Å². The largest absolute Gasteiger partial charge is 0.497 e. The third kappa shape index (κ3) is 2.05. The molecule has 1 aromatic rings. The molecule has 4 radical (unpaired) electrons. The van der Waals surface area contributed by atoms with Gasteiger partial charge in [-0.2, -0.15) is 0 Å². The monoisotopic (exact) mass is 157 g/mol. The van der Waals surface area contributed by atoms with E-state index in [0.717, 1.165) is 5.75 Å². The maximum absolute atomic E-state index is 5.46. The van der Waals surface area contributed by atoms with E-state index in [-0.39, 0.29) is 0 Å². The minimum absolute atomic E-state index is 0.670. The van der Waals surface area contributed by atoms with Gasteiger partial charge in [0.2, 0.25) is 0 Å². The van der Waals surface area contributed by atoms with Crippen LogP contribution in [0.15, 0.2) is 24.3 Å². The Morgan fingerprint density at radius 3 is 2.08 bits per heavy atom. The first-order valence-corrected chi connectivity index (χ1v) is 3.55. The first-order valence-electron chi connectivity index (χ1n) is 3.55. The molecule has 1 aromatic carbocycles. The lowest BCUT2D eigenvalue weighted by molar-refractivity contribution is 0.414. The lowest BCUT2D eigenvalue weighted by atomic mass is 9.59. The zero-order valence-corrected chi connectivity index (χ0v) is 6.95. The highest BCUT2D eigenvalue weighted by molar-refractivity contribution is 6.39. The molecule has 0 bridgehead atoms. The van der Waals surface area contributed by atoms with Gasteiger partial charge in [0, 0.05) is 0 Å². The van der Waals surface area contributed by atoms with Crippen LogP contribution in [-0.2, 0) is 5.34 Å². The van der Waals surface area contributed by atoms with E-state index >= 15 is 0 Å². The number of hydrogen-bond acceptors (Lipinski definition) is 2. The fourth-order valence-corrected chi connectivity index (χ4v) is 0.880. The van der Waals surface area contributed by atoms with E-state index in [2.05, 4.69) is 0 Å². The van der Waals surface area contributed by atoms with Gasteiger partial charge in [-0.1, -0.05) is 12.1 Å². The number of nitrogens with two attached hydrogens (primary N) is 1. The molecule has 0 fully saturated rings. The SMILES string of the molecule is [B]C([B])(N)c1ccc(OC)cc1. The zero-order chi connectivity index (χ0) is 9.19. The fourth-order valence-electron chi connectivity index (χ4n) is 0.880. The molecule has 12 heavy (non-hydrogen) atoms. The Morgan fingerprint density at radius 1 is 1.25 bits per heavy atom. The van der Waals surface area contributed by atoms with Gasteiger partial charge in [-0.15, -0.1) is 0 Å². The van der Waals surface area contributed by atoms with Crippen molar-refractivity contribution in [2.45, 2.75) is 5.34 Å². The van der Waals surface area contributed by atoms with Crippen LogP contribution in [0, 0.1) is 0 Å². The average molecular weight is 157 g/mol. The highest BCUT2D eigenvalue weighted by atomic mass is 16.5. The normalized spacial score (nSPS) is 11.2. The van der Waals surface area contributed by atoms with Crippen LogP contribution in [0.2, 0.25) is 0 Å². The van der Waals surface area contributed by atoms with Gasteiger partial charge < -0.3 is 10.5 Å². The first-order chi connectivity index (χ1) is 5.54. The molecule has 0 unspecified atom stereocenters. The predicted molar refractivity (Wildman–Crippen MR) is 50.4 cm³/mol. The molecule has 2 N–H and O–H groups in total. The molecule has 0 aliphatic rings. The van der Waals surface area contributed by atoms with Crippen LogP contribution in [0.25, 0.3) is 0 Å². The number of benzene rings is 1. The molecule has 58 valence electrons. The Balaban J connectivity index is 2.93. The maximum atomic E-state index is 5.46. The Hall–Kier alpha value is -0.890. The molecule has 0 spiro atoms. The van der Waals surface area contributed by atoms with Crippen LogP contribution in [-0.4, -0.2) is 22.8 Å². The van der Waals surface area contributed by atoms with Crippen molar-refractivity contribution in [1.82, 2.24) is 0 Å². The van der Waals surface area contributed by atoms with Crippen LogP contribution in [0.5, 0.6) is 5.75 Å². The minimum Gasteiger partial charge on any atom is -0.497 e. The van der Waals surface area contributed by atoms with Crippen molar-refractivity contribution in [2.24, 2.45) is 5.73 Å². The summed E-state index contributed by atoms with van der Waals surface area (Å²) in [5, 5.41) is -1.27. The van der Waals surface area contributed by atoms with E-state index in [1.54, 1.807) is 31.4 Å². The van der Waals surface area contributed by atoms with E-state index < -0.39 is 5.34 Å². The van der Waals surface area contributed by atoms with Gasteiger partial charge in [0.1, 0.15) is 5.75 Å². The zero-order valence-electron chi connectivity index (χ0n) is 6.95. The lowest BCUT2D eigenvalue weighted by Gasteiger charge is -2.20. The third-order valence-electron chi connectivity index (χ3n) is 1.59. The number of rotatable bonds is 2. The summed E-state index contributed by atoms with van der Waals surface area (Å²) in [6, 6.07) is 6.99. The molecule has 0 heterocycles. The summed E-state index contributed by atoms with van der Waals surface area (Å²) in [4.78, 5) is 0. The molecule has 0 aliphatic carbocycles. The summed E-state index contributed by atoms with van der Waals surface area (Å²) in [6.45, 7) is 0. The van der Waals surface area contributed by atoms with E-state index in [4.69, 9.17) is 26.2 Å². The van der Waals surface area contributed by atoms with Gasteiger partial charge in [-0.05, 0) is 23.0 Å². The second-order valence-electron chi connectivity index (χ2n) is 2.66. The van der Waals surface area contributed by atoms with Crippen LogP contribution >= 0.6 is 0 Å². The highest BCUT2D eigenvalue weighted by Gasteiger charge is 2.11. The summed E-state index contributed by atoms with van der Waals surface area (Å²) in [7, 11) is 12.5. The molecule has 0 aliphatic heterocycles. The Labute approximate surface area is 74.9 Å². The van der Waals surface area contributed by atoms with Crippen molar-refractivity contribution in [1.29, 1.82) is 0 Å². The Bertz CT molecular complexity index is 253. The third-order valence-corrected chi connectivity index (χ3v) is 1.59. The maximum Gasteiger partial charge on any atom is 0.118 e. The van der Waals surface area contributed by atoms with Crippen LogP contribution in [0.1, 0.15) is 5.56 Å². The van der Waals surface area contributed by atoms with Gasteiger partial charge in [0.05, 0.1) is 22.8 Å². The van der Waals surface area contributed by atoms with Gasteiger partial charge in [-0.3, -0.25) is 0 Å². The van der Waals surface area contributed by atoms with Gasteiger partial charge in [0.25, 0.3) is 0 Å². The summed E-state index contributed by atoms with van der Waals surface area (Å²) in [5.74, 6) is 0.753. The Morgan fingerprint density at radius 2 is 1.75 bits per heavy atom. The minimum atomic E-state index is -1.27. The van der Waals surface area contributed by atoms with E-state index in [1.807, 2.05) is 0 Å². The first kappa shape index (κ1) is 9.20. The van der Waals surface area contributed by atoms with E-state index in [0.29, 0.717) is 5.56 Å². The fraction of sp³-hybridized carbons (Fsp3) is 0.250. The lowest BCUT2D eigenvalue weighted by Crippen LogP contribution is -2.37. The smallest absolute Gasteiger partial charge is 0.118 e. The summed E-state index contributed by atoms with van der Waals surface area (Å²) in [6.07, 6.45) is 0. The van der Waals surface area contributed by atoms with Crippen LogP contribution < -0.4 is 10.5 Å². The molecule has 0 amide bonds. The Kier molecular flexibility index (Phi) is 2.48. The second-order valence-corrected chi connectivity index (χ2v) is 2.66. The predicted octanol–water partition coefficient (Wildman–Crippen LogP) is 0.101. The van der Waals surface area contributed by atoms with E-state index in [1.165, 1.54) is 0 Å². The molecule has 0 saturated carbocycles. The second kappa shape index (κ2) is 3.23. The van der Waals surface area contributed by atoms with Gasteiger partial charge in [0.15, 0.2) is 0 Å². The summed E-state index contributed by atoms with van der Waals surface area (Å²) >= 11 is 0. The average Bonchev–Trinajstić information content (AvgIpc) is 2.03. The van der Waals surface area contributed by atoms with Crippen molar-refractivity contribution in [2.75, 3.05) is 7.11 Å². The molecular weight excluding hydrogens is 148 g/mol. The standard InChI is InChI=1S/C8H9B2NO/c1-12-7-4-2-6(3-5-7)8(9,10)11/h2-5H,11H2,1H3. The van der Waals surface area contributed by atoms with Crippen molar-refractivity contribution in [3.8, 4) is 5.75 Å². The topological polar surface area (TPSA) is 35.2 Å². The number of ether oxygens (including phenoxy) is 1. The van der Waals surface area contributed by atoms with Crippen molar-refractivity contribution < 1.29 is 4.74 Å². The van der Waals surface area contributed by atoms with Gasteiger partial charge >= 0.3 is 0 Å². The molecule has 0 aromatic heterocycles. The molecule has 2 nitrogen and oxygen atoms in total. The highest BCUT2D eigenvalue weighted by Crippen LogP contribution is 2.16. The number of methoxy groups -OCH3 is 1. The molecule has 1 rings (SSSR count). The molecule has 4 heteroatoms. The van der Waals surface area contributed by atoms with Crippen molar-refractivity contribution in [3.63, 3.8) is 0 Å². The summed E-state index contributed by atoms with van der Waals surface area (Å²) < 4.78 is 4.96. The molecule has 0 saturated heterocycles. The summed E-state index contributed by atoms with van der Waals surface area (Å²) in [5.41, 5.74) is 6.13. The van der Waals surface area contributed by atoms with E-state index in [9.17, 15) is 0 Å². The quantitative estimate of drug-likeness (QED) is 0.617. The molecular formula is C8H9B2NO.